The topological polar surface area (TPSA) is 84.6 Å². The fraction of sp³-hybridized carbons (Fsp3) is 0.429. The summed E-state index contributed by atoms with van der Waals surface area (Å²) in [5, 5.41) is 20.6. The average molecular weight is 186 g/mol. The Hall–Kier alpha value is -1.56. The van der Waals surface area contributed by atoms with E-state index in [0.717, 1.165) is 0 Å². The highest BCUT2D eigenvalue weighted by atomic mass is 16.5. The lowest BCUT2D eigenvalue weighted by atomic mass is 10.6. The van der Waals surface area contributed by atoms with Gasteiger partial charge in [0.05, 0.1) is 19.0 Å². The van der Waals surface area contributed by atoms with Crippen LogP contribution in [0, 0.1) is 0 Å². The zero-order chi connectivity index (χ0) is 9.68. The van der Waals surface area contributed by atoms with Gasteiger partial charge in [-0.05, 0) is 0 Å². The third kappa shape index (κ3) is 3.12. The van der Waals surface area contributed by atoms with Gasteiger partial charge in [0.2, 0.25) is 0 Å². The molecule has 0 bridgehead atoms. The Morgan fingerprint density at radius 3 is 3.08 bits per heavy atom. The third-order valence-corrected chi connectivity index (χ3v) is 1.27. The van der Waals surface area contributed by atoms with Crippen LogP contribution in [0.15, 0.2) is 12.4 Å². The number of aliphatic hydroxyl groups is 1. The van der Waals surface area contributed by atoms with E-state index in [0.29, 0.717) is 5.75 Å². The molecule has 0 saturated carbocycles. The zero-order valence-electron chi connectivity index (χ0n) is 6.88. The fourth-order valence-corrected chi connectivity index (χ4v) is 0.808. The van der Waals surface area contributed by atoms with Gasteiger partial charge < -0.3 is 14.9 Å². The molecule has 1 heterocycles. The fourth-order valence-electron chi connectivity index (χ4n) is 0.808. The monoisotopic (exact) mass is 186 g/mol. The Morgan fingerprint density at radius 2 is 2.46 bits per heavy atom. The van der Waals surface area contributed by atoms with Crippen molar-refractivity contribution in [1.82, 2.24) is 9.78 Å². The molecule has 0 aliphatic rings. The van der Waals surface area contributed by atoms with Gasteiger partial charge in [-0.15, -0.1) is 0 Å². The van der Waals surface area contributed by atoms with Crippen LogP contribution < -0.4 is 4.74 Å². The number of aliphatic carboxylic acids is 1. The van der Waals surface area contributed by atoms with Gasteiger partial charge in [0.1, 0.15) is 13.2 Å². The van der Waals surface area contributed by atoms with Gasteiger partial charge in [-0.3, -0.25) is 9.48 Å². The first-order valence-electron chi connectivity index (χ1n) is 3.70. The van der Waals surface area contributed by atoms with E-state index < -0.39 is 5.97 Å². The molecule has 0 saturated heterocycles. The summed E-state index contributed by atoms with van der Waals surface area (Å²) < 4.78 is 6.24. The summed E-state index contributed by atoms with van der Waals surface area (Å²) in [7, 11) is 0. The summed E-state index contributed by atoms with van der Waals surface area (Å²) in [5.74, 6) is -0.507. The van der Waals surface area contributed by atoms with Crippen LogP contribution in [0.3, 0.4) is 0 Å². The highest BCUT2D eigenvalue weighted by Gasteiger charge is 2.02. The summed E-state index contributed by atoms with van der Waals surface area (Å²) >= 11 is 0. The first kappa shape index (κ1) is 9.53. The molecule has 0 aliphatic heterocycles. The number of carboxylic acid groups (broad SMARTS) is 1. The van der Waals surface area contributed by atoms with E-state index in [1.54, 1.807) is 0 Å². The number of carbonyl (C=O) groups is 1. The van der Waals surface area contributed by atoms with Gasteiger partial charge in [0.15, 0.2) is 5.75 Å². The van der Waals surface area contributed by atoms with E-state index in [-0.39, 0.29) is 19.8 Å². The maximum Gasteiger partial charge on any atom is 0.325 e. The predicted molar refractivity (Wildman–Crippen MR) is 42.4 cm³/mol. The molecule has 0 aliphatic carbocycles. The highest BCUT2D eigenvalue weighted by molar-refractivity contribution is 5.66. The van der Waals surface area contributed by atoms with Crippen LogP contribution in [0.4, 0.5) is 0 Å². The molecule has 72 valence electrons. The second-order valence-electron chi connectivity index (χ2n) is 2.34. The predicted octanol–water partition coefficient (Wildman–Crippen LogP) is -0.661. The normalized spacial score (nSPS) is 9.92. The molecule has 1 aromatic rings. The van der Waals surface area contributed by atoms with Crippen LogP contribution in [-0.2, 0) is 11.3 Å². The van der Waals surface area contributed by atoms with E-state index in [4.69, 9.17) is 14.9 Å². The number of aromatic nitrogens is 2. The molecule has 0 aromatic carbocycles. The van der Waals surface area contributed by atoms with Crippen molar-refractivity contribution in [3.05, 3.63) is 12.4 Å². The minimum absolute atomic E-state index is 0.0793. The number of hydrogen-bond acceptors (Lipinski definition) is 4. The molecule has 13 heavy (non-hydrogen) atoms. The molecule has 6 nitrogen and oxygen atoms in total. The Bertz CT molecular complexity index is 284. The SMILES string of the molecule is O=C(O)Cn1cc(OCCO)cn1. The Labute approximate surface area is 74.4 Å². The van der Waals surface area contributed by atoms with Gasteiger partial charge in [0, 0.05) is 0 Å². The standard InChI is InChI=1S/C7H10N2O4/c10-1-2-13-6-3-8-9(4-6)5-7(11)12/h3-4,10H,1-2,5H2,(H,11,12). The molecule has 6 heteroatoms. The van der Waals surface area contributed by atoms with E-state index in [2.05, 4.69) is 5.10 Å². The lowest BCUT2D eigenvalue weighted by molar-refractivity contribution is -0.137. The van der Waals surface area contributed by atoms with E-state index in [9.17, 15) is 4.79 Å². The molecule has 0 radical (unpaired) electrons. The summed E-state index contributed by atoms with van der Waals surface area (Å²) in [4.78, 5) is 10.3. The lowest BCUT2D eigenvalue weighted by Gasteiger charge is -1.97. The summed E-state index contributed by atoms with van der Waals surface area (Å²) in [6.45, 7) is -0.0919. The van der Waals surface area contributed by atoms with Crippen molar-refractivity contribution in [3.8, 4) is 5.75 Å². The van der Waals surface area contributed by atoms with Gasteiger partial charge in [-0.2, -0.15) is 5.10 Å². The number of rotatable bonds is 5. The lowest BCUT2D eigenvalue weighted by Crippen LogP contribution is -2.08. The van der Waals surface area contributed by atoms with Gasteiger partial charge in [-0.1, -0.05) is 0 Å². The smallest absolute Gasteiger partial charge is 0.325 e. The van der Waals surface area contributed by atoms with Crippen LogP contribution >= 0.6 is 0 Å². The minimum atomic E-state index is -0.961. The number of nitrogens with zero attached hydrogens (tertiary/aromatic N) is 2. The maximum atomic E-state index is 10.3. The Morgan fingerprint density at radius 1 is 1.69 bits per heavy atom. The van der Waals surface area contributed by atoms with Crippen LogP contribution in [0.5, 0.6) is 5.75 Å². The number of aliphatic hydroxyl groups excluding tert-OH is 1. The highest BCUT2D eigenvalue weighted by Crippen LogP contribution is 2.07. The second-order valence-corrected chi connectivity index (χ2v) is 2.34. The number of hydrogen-bond donors (Lipinski definition) is 2. The van der Waals surface area contributed by atoms with Crippen LogP contribution in [0.1, 0.15) is 0 Å². The molecule has 0 amide bonds. The van der Waals surface area contributed by atoms with Crippen molar-refractivity contribution in [2.75, 3.05) is 13.2 Å². The van der Waals surface area contributed by atoms with Crippen LogP contribution in [0.25, 0.3) is 0 Å². The van der Waals surface area contributed by atoms with Crippen molar-refractivity contribution in [3.63, 3.8) is 0 Å². The van der Waals surface area contributed by atoms with Crippen molar-refractivity contribution < 1.29 is 19.7 Å². The van der Waals surface area contributed by atoms with Crippen LogP contribution in [0.2, 0.25) is 0 Å². The van der Waals surface area contributed by atoms with Crippen LogP contribution in [-0.4, -0.2) is 39.2 Å². The number of ether oxygens (including phenoxy) is 1. The van der Waals surface area contributed by atoms with Crippen molar-refractivity contribution >= 4 is 5.97 Å². The summed E-state index contributed by atoms with van der Waals surface area (Å²) in [5.41, 5.74) is 0. The van der Waals surface area contributed by atoms with E-state index in [1.165, 1.54) is 17.1 Å². The first-order chi connectivity index (χ1) is 6.22. The zero-order valence-corrected chi connectivity index (χ0v) is 6.88. The van der Waals surface area contributed by atoms with E-state index in [1.807, 2.05) is 0 Å². The largest absolute Gasteiger partial charge is 0.488 e. The molecule has 0 unspecified atom stereocenters. The number of carboxylic acids is 1. The van der Waals surface area contributed by atoms with Crippen molar-refractivity contribution in [2.24, 2.45) is 0 Å². The maximum absolute atomic E-state index is 10.3. The Kier molecular flexibility index (Phi) is 3.27. The molecule has 0 fully saturated rings. The minimum Gasteiger partial charge on any atom is -0.488 e. The average Bonchev–Trinajstić information content (AvgIpc) is 2.48. The summed E-state index contributed by atoms with van der Waals surface area (Å²) in [6, 6.07) is 0. The van der Waals surface area contributed by atoms with Gasteiger partial charge in [0.25, 0.3) is 0 Å². The molecular formula is C7H10N2O4. The first-order valence-corrected chi connectivity index (χ1v) is 3.70. The quantitative estimate of drug-likeness (QED) is 0.637. The summed E-state index contributed by atoms with van der Waals surface area (Å²) in [6.07, 6.45) is 2.86. The van der Waals surface area contributed by atoms with Crippen molar-refractivity contribution in [1.29, 1.82) is 0 Å². The third-order valence-electron chi connectivity index (χ3n) is 1.27. The Balaban J connectivity index is 2.48. The molecule has 0 atom stereocenters. The van der Waals surface area contributed by atoms with Gasteiger partial charge in [-0.25, -0.2) is 0 Å². The molecular weight excluding hydrogens is 176 g/mol. The van der Waals surface area contributed by atoms with Crippen molar-refractivity contribution in [2.45, 2.75) is 6.54 Å². The molecule has 0 spiro atoms. The molecule has 1 rings (SSSR count). The molecule has 1 aromatic heterocycles. The van der Waals surface area contributed by atoms with Gasteiger partial charge >= 0.3 is 5.97 Å². The molecule has 2 N–H and O–H groups in total. The second kappa shape index (κ2) is 4.46. The van der Waals surface area contributed by atoms with E-state index >= 15 is 0 Å².